The molecule has 0 bridgehead atoms. The van der Waals surface area contributed by atoms with E-state index < -0.39 is 16.1 Å². The normalized spacial score (nSPS) is 11.9. The molecule has 0 fully saturated rings. The van der Waals surface area contributed by atoms with Crippen LogP contribution in [0.5, 0.6) is 0 Å². The quantitative estimate of drug-likeness (QED) is 0.500. The second-order valence-corrected chi connectivity index (χ2v) is 17.7. The summed E-state index contributed by atoms with van der Waals surface area (Å²) >= 11 is 5.89. The van der Waals surface area contributed by atoms with Crippen molar-refractivity contribution < 1.29 is 0 Å². The SMILES string of the molecule is C[Si](C)(C)C(=C=Cc1ccc(Cl)cc1)[Si](C)(C)C. The minimum absolute atomic E-state index is 0.784. The highest BCUT2D eigenvalue weighted by atomic mass is 35.5. The summed E-state index contributed by atoms with van der Waals surface area (Å²) in [6, 6.07) is 7.94. The van der Waals surface area contributed by atoms with Gasteiger partial charge in [0, 0.05) is 5.02 Å². The van der Waals surface area contributed by atoms with Crippen molar-refractivity contribution in [2.75, 3.05) is 0 Å². The average Bonchev–Trinajstić information content (AvgIpc) is 2.17. The van der Waals surface area contributed by atoms with Crippen molar-refractivity contribution in [1.82, 2.24) is 0 Å². The highest BCUT2D eigenvalue weighted by molar-refractivity contribution is 7.04. The molecule has 0 saturated heterocycles. The standard InChI is InChI=1S/C15H23ClSi2/c1-17(2,3)15(18(4,5)6)12-9-13-7-10-14(16)11-8-13/h7-11H,1-6H3. The maximum atomic E-state index is 5.89. The van der Waals surface area contributed by atoms with Crippen LogP contribution in [0, 0.1) is 0 Å². The minimum atomic E-state index is -1.28. The molecule has 0 N–H and O–H groups in total. The van der Waals surface area contributed by atoms with Gasteiger partial charge in [-0.1, -0.05) is 67.8 Å². The Hall–Kier alpha value is -0.536. The molecule has 0 atom stereocenters. The van der Waals surface area contributed by atoms with Crippen molar-refractivity contribution in [3.63, 3.8) is 0 Å². The molecule has 0 radical (unpaired) electrons. The van der Waals surface area contributed by atoms with Gasteiger partial charge < -0.3 is 0 Å². The van der Waals surface area contributed by atoms with Gasteiger partial charge in [-0.2, -0.15) is 0 Å². The van der Waals surface area contributed by atoms with E-state index in [1.807, 2.05) is 24.3 Å². The number of hydrogen-bond acceptors (Lipinski definition) is 0. The number of benzene rings is 1. The summed E-state index contributed by atoms with van der Waals surface area (Å²) in [6.45, 7) is 14.4. The number of rotatable bonds is 3. The number of halogens is 1. The zero-order valence-corrected chi connectivity index (χ0v) is 15.0. The Morgan fingerprint density at radius 2 is 1.39 bits per heavy atom. The van der Waals surface area contributed by atoms with Crippen molar-refractivity contribution in [2.45, 2.75) is 39.3 Å². The molecule has 98 valence electrons. The molecule has 0 spiro atoms. The maximum Gasteiger partial charge on any atom is 0.0773 e. The fourth-order valence-corrected chi connectivity index (χ4v) is 12.4. The molecule has 1 rings (SSSR count). The molecule has 1 aromatic carbocycles. The predicted molar refractivity (Wildman–Crippen MR) is 89.6 cm³/mol. The summed E-state index contributed by atoms with van der Waals surface area (Å²) in [7, 11) is -2.55. The van der Waals surface area contributed by atoms with Gasteiger partial charge in [0.05, 0.1) is 16.1 Å². The van der Waals surface area contributed by atoms with E-state index in [1.54, 1.807) is 4.82 Å². The van der Waals surface area contributed by atoms with E-state index in [0.717, 1.165) is 5.02 Å². The van der Waals surface area contributed by atoms with Gasteiger partial charge >= 0.3 is 0 Å². The second kappa shape index (κ2) is 5.62. The summed E-state index contributed by atoms with van der Waals surface area (Å²) in [5, 5.41) is 0.784. The Morgan fingerprint density at radius 1 is 0.944 bits per heavy atom. The van der Waals surface area contributed by atoms with Crippen LogP contribution in [0.2, 0.25) is 44.3 Å². The van der Waals surface area contributed by atoms with Crippen molar-refractivity contribution >= 4 is 33.8 Å². The van der Waals surface area contributed by atoms with Crippen LogP contribution in [0.1, 0.15) is 5.56 Å². The van der Waals surface area contributed by atoms with Crippen LogP contribution in [0.4, 0.5) is 0 Å². The van der Waals surface area contributed by atoms with Gasteiger partial charge in [-0.05, 0) is 23.8 Å². The first-order valence-corrected chi connectivity index (χ1v) is 13.7. The van der Waals surface area contributed by atoms with E-state index >= 15 is 0 Å². The van der Waals surface area contributed by atoms with Crippen LogP contribution in [-0.2, 0) is 0 Å². The number of hydrogen-bond donors (Lipinski definition) is 0. The summed E-state index contributed by atoms with van der Waals surface area (Å²) < 4.78 is 0. The third-order valence-electron chi connectivity index (χ3n) is 2.75. The van der Waals surface area contributed by atoms with E-state index in [-0.39, 0.29) is 0 Å². The molecule has 0 saturated carbocycles. The zero-order chi connectivity index (χ0) is 14.0. The van der Waals surface area contributed by atoms with Gasteiger partial charge in [0.2, 0.25) is 0 Å². The smallest absolute Gasteiger partial charge is 0.0773 e. The Kier molecular flexibility index (Phi) is 4.85. The van der Waals surface area contributed by atoms with Crippen LogP contribution in [-0.4, -0.2) is 16.1 Å². The van der Waals surface area contributed by atoms with Crippen LogP contribution >= 0.6 is 11.6 Å². The molecule has 18 heavy (non-hydrogen) atoms. The molecule has 3 heteroatoms. The van der Waals surface area contributed by atoms with Gasteiger partial charge in [-0.25, -0.2) is 0 Å². The highest BCUT2D eigenvalue weighted by Crippen LogP contribution is 2.24. The van der Waals surface area contributed by atoms with Crippen molar-refractivity contribution in [3.05, 3.63) is 45.4 Å². The molecule has 0 aromatic heterocycles. The molecular weight excluding hydrogens is 272 g/mol. The molecule has 0 nitrogen and oxygen atoms in total. The zero-order valence-electron chi connectivity index (χ0n) is 12.3. The molecule has 0 aliphatic carbocycles. The molecule has 0 aliphatic rings. The second-order valence-electron chi connectivity index (χ2n) is 6.72. The van der Waals surface area contributed by atoms with Gasteiger partial charge in [0.1, 0.15) is 0 Å². The third kappa shape index (κ3) is 4.62. The van der Waals surface area contributed by atoms with Crippen LogP contribution in [0.3, 0.4) is 0 Å². The first kappa shape index (κ1) is 15.5. The van der Waals surface area contributed by atoms with Crippen LogP contribution < -0.4 is 0 Å². The summed E-state index contributed by atoms with van der Waals surface area (Å²) in [6.07, 6.45) is 2.11. The fraction of sp³-hybridized carbons (Fsp3) is 0.400. The maximum absolute atomic E-state index is 5.89. The van der Waals surface area contributed by atoms with Gasteiger partial charge in [-0.15, -0.1) is 5.73 Å². The molecule has 0 heterocycles. The van der Waals surface area contributed by atoms with Crippen molar-refractivity contribution in [3.8, 4) is 0 Å². The lowest BCUT2D eigenvalue weighted by molar-refractivity contribution is 1.63. The Labute approximate surface area is 118 Å². The molecular formula is C15H23ClSi2. The van der Waals surface area contributed by atoms with Crippen molar-refractivity contribution in [1.29, 1.82) is 0 Å². The monoisotopic (exact) mass is 294 g/mol. The van der Waals surface area contributed by atoms with Gasteiger partial charge in [0.15, 0.2) is 0 Å². The van der Waals surface area contributed by atoms with Crippen LogP contribution in [0.25, 0.3) is 6.08 Å². The predicted octanol–water partition coefficient (Wildman–Crippen LogP) is 5.63. The summed E-state index contributed by atoms with van der Waals surface area (Å²) in [4.78, 5) is 1.60. The van der Waals surface area contributed by atoms with E-state index in [1.165, 1.54) is 5.56 Å². The lowest BCUT2D eigenvalue weighted by Crippen LogP contribution is -2.39. The van der Waals surface area contributed by atoms with E-state index in [2.05, 4.69) is 51.1 Å². The Balaban J connectivity index is 3.21. The lowest BCUT2D eigenvalue weighted by Gasteiger charge is -2.29. The Morgan fingerprint density at radius 3 is 1.78 bits per heavy atom. The van der Waals surface area contributed by atoms with Crippen molar-refractivity contribution in [2.24, 2.45) is 0 Å². The fourth-order valence-electron chi connectivity index (χ4n) is 2.27. The third-order valence-corrected chi connectivity index (χ3v) is 10.8. The van der Waals surface area contributed by atoms with E-state index in [4.69, 9.17) is 11.6 Å². The average molecular weight is 295 g/mol. The molecule has 0 unspecified atom stereocenters. The lowest BCUT2D eigenvalue weighted by atomic mass is 10.2. The first-order chi connectivity index (χ1) is 8.10. The molecule has 1 aromatic rings. The summed E-state index contributed by atoms with van der Waals surface area (Å²) in [5.74, 6) is 0. The molecule has 0 amide bonds. The van der Waals surface area contributed by atoms with E-state index in [9.17, 15) is 0 Å². The largest absolute Gasteiger partial charge is 0.130 e. The van der Waals surface area contributed by atoms with Gasteiger partial charge in [0.25, 0.3) is 0 Å². The van der Waals surface area contributed by atoms with Crippen LogP contribution in [0.15, 0.2) is 34.8 Å². The van der Waals surface area contributed by atoms with Gasteiger partial charge in [-0.3, -0.25) is 0 Å². The highest BCUT2D eigenvalue weighted by Gasteiger charge is 2.30. The first-order valence-electron chi connectivity index (χ1n) is 6.34. The Bertz CT molecular complexity index is 451. The minimum Gasteiger partial charge on any atom is -0.130 e. The summed E-state index contributed by atoms with van der Waals surface area (Å²) in [5.41, 5.74) is 4.78. The van der Waals surface area contributed by atoms with E-state index in [0.29, 0.717) is 0 Å². The molecule has 0 aliphatic heterocycles. The topological polar surface area (TPSA) is 0 Å².